The number of hydrogen-bond donors (Lipinski definition) is 2. The summed E-state index contributed by atoms with van der Waals surface area (Å²) in [5.74, 6) is 0. The molecule has 0 bridgehead atoms. The Hall–Kier alpha value is -0.170. The Morgan fingerprint density at radius 2 is 2.00 bits per heavy atom. The van der Waals surface area contributed by atoms with Gasteiger partial charge in [-0.2, -0.15) is 17.4 Å². The summed E-state index contributed by atoms with van der Waals surface area (Å²) in [5.41, 5.74) is 0. The van der Waals surface area contributed by atoms with Crippen molar-refractivity contribution in [1.29, 1.82) is 0 Å². The van der Waals surface area contributed by atoms with Crippen LogP contribution in [0.3, 0.4) is 0 Å². The lowest BCUT2D eigenvalue weighted by Gasteiger charge is -2.20. The van der Waals surface area contributed by atoms with Crippen molar-refractivity contribution in [2.45, 2.75) is 38.1 Å². The molecular weight excluding hydrogens is 216 g/mol. The average Bonchev–Trinajstić information content (AvgIpc) is 2.65. The number of aliphatic hydroxyl groups is 1. The SMILES string of the molecule is CN(CCCO)S(=O)(=O)NC1CCCC1. The number of nitrogens with zero attached hydrogens (tertiary/aromatic N) is 1. The van der Waals surface area contributed by atoms with Crippen molar-refractivity contribution in [2.75, 3.05) is 20.2 Å². The number of rotatable bonds is 6. The zero-order valence-electron chi connectivity index (χ0n) is 9.15. The topological polar surface area (TPSA) is 69.6 Å². The Morgan fingerprint density at radius 3 is 2.53 bits per heavy atom. The molecule has 0 heterocycles. The predicted octanol–water partition coefficient (Wildman–Crippen LogP) is 0.0776. The van der Waals surface area contributed by atoms with E-state index >= 15 is 0 Å². The third-order valence-corrected chi connectivity index (χ3v) is 4.35. The molecule has 1 saturated carbocycles. The Morgan fingerprint density at radius 1 is 1.40 bits per heavy atom. The molecule has 6 heteroatoms. The summed E-state index contributed by atoms with van der Waals surface area (Å²) in [7, 11) is -1.81. The van der Waals surface area contributed by atoms with Crippen LogP contribution in [0.2, 0.25) is 0 Å². The summed E-state index contributed by atoms with van der Waals surface area (Å²) >= 11 is 0. The van der Waals surface area contributed by atoms with Crippen molar-refractivity contribution in [2.24, 2.45) is 0 Å². The first-order valence-electron chi connectivity index (χ1n) is 5.40. The molecule has 0 spiro atoms. The highest BCUT2D eigenvalue weighted by molar-refractivity contribution is 7.87. The molecule has 0 aromatic carbocycles. The zero-order chi connectivity index (χ0) is 11.3. The average molecular weight is 236 g/mol. The maximum absolute atomic E-state index is 11.7. The molecule has 0 radical (unpaired) electrons. The normalized spacial score (nSPS) is 18.9. The van der Waals surface area contributed by atoms with Gasteiger partial charge in [0.1, 0.15) is 0 Å². The molecule has 90 valence electrons. The second-order valence-electron chi connectivity index (χ2n) is 4.00. The van der Waals surface area contributed by atoms with Gasteiger partial charge in [0.05, 0.1) is 0 Å². The molecule has 0 saturated heterocycles. The van der Waals surface area contributed by atoms with Gasteiger partial charge in [-0.3, -0.25) is 0 Å². The lowest BCUT2D eigenvalue weighted by molar-refractivity contribution is 0.275. The van der Waals surface area contributed by atoms with Gasteiger partial charge in [0, 0.05) is 26.2 Å². The van der Waals surface area contributed by atoms with E-state index in [0.29, 0.717) is 13.0 Å². The van der Waals surface area contributed by atoms with Crippen LogP contribution in [-0.4, -0.2) is 44.1 Å². The minimum absolute atomic E-state index is 0.0172. The third-order valence-electron chi connectivity index (χ3n) is 2.71. The summed E-state index contributed by atoms with van der Waals surface area (Å²) in [6, 6.07) is 0.103. The summed E-state index contributed by atoms with van der Waals surface area (Å²) in [6.45, 7) is 0.377. The van der Waals surface area contributed by atoms with Crippen LogP contribution in [0.15, 0.2) is 0 Å². The monoisotopic (exact) mass is 236 g/mol. The van der Waals surface area contributed by atoms with Crippen LogP contribution in [0, 0.1) is 0 Å². The van der Waals surface area contributed by atoms with Gasteiger partial charge in [0.25, 0.3) is 10.2 Å². The van der Waals surface area contributed by atoms with E-state index in [9.17, 15) is 8.42 Å². The maximum Gasteiger partial charge on any atom is 0.279 e. The van der Waals surface area contributed by atoms with Crippen LogP contribution in [-0.2, 0) is 10.2 Å². The Labute approximate surface area is 91.7 Å². The first-order valence-corrected chi connectivity index (χ1v) is 6.84. The largest absolute Gasteiger partial charge is 0.396 e. The van der Waals surface area contributed by atoms with E-state index in [1.807, 2.05) is 0 Å². The van der Waals surface area contributed by atoms with Crippen molar-refractivity contribution in [1.82, 2.24) is 9.03 Å². The van der Waals surface area contributed by atoms with E-state index < -0.39 is 10.2 Å². The van der Waals surface area contributed by atoms with Gasteiger partial charge in [-0.25, -0.2) is 0 Å². The quantitative estimate of drug-likeness (QED) is 0.686. The molecule has 1 rings (SSSR count). The van der Waals surface area contributed by atoms with E-state index in [0.717, 1.165) is 25.7 Å². The van der Waals surface area contributed by atoms with Crippen molar-refractivity contribution < 1.29 is 13.5 Å². The first kappa shape index (κ1) is 12.9. The van der Waals surface area contributed by atoms with Gasteiger partial charge in [-0.05, 0) is 19.3 Å². The highest BCUT2D eigenvalue weighted by atomic mass is 32.2. The lowest BCUT2D eigenvalue weighted by Crippen LogP contribution is -2.43. The summed E-state index contributed by atoms with van der Waals surface area (Å²) in [4.78, 5) is 0. The van der Waals surface area contributed by atoms with Gasteiger partial charge < -0.3 is 5.11 Å². The van der Waals surface area contributed by atoms with E-state index in [1.165, 1.54) is 11.4 Å². The van der Waals surface area contributed by atoms with E-state index in [2.05, 4.69) is 4.72 Å². The molecule has 0 aromatic heterocycles. The van der Waals surface area contributed by atoms with Crippen LogP contribution in [0.1, 0.15) is 32.1 Å². The van der Waals surface area contributed by atoms with Gasteiger partial charge in [-0.15, -0.1) is 0 Å². The fourth-order valence-electron chi connectivity index (χ4n) is 1.76. The number of hydrogen-bond acceptors (Lipinski definition) is 3. The first-order chi connectivity index (χ1) is 7.06. The second-order valence-corrected chi connectivity index (χ2v) is 5.81. The molecule has 0 amide bonds. The van der Waals surface area contributed by atoms with Crippen molar-refractivity contribution in [3.05, 3.63) is 0 Å². The third kappa shape index (κ3) is 4.06. The summed E-state index contributed by atoms with van der Waals surface area (Å²) < 4.78 is 27.4. The van der Waals surface area contributed by atoms with Crippen molar-refractivity contribution in [3.63, 3.8) is 0 Å². The molecule has 2 N–H and O–H groups in total. The maximum atomic E-state index is 11.7. The molecule has 1 fully saturated rings. The molecule has 5 nitrogen and oxygen atoms in total. The standard InChI is InChI=1S/C9H20N2O3S/c1-11(7-4-8-12)15(13,14)10-9-5-2-3-6-9/h9-10,12H,2-8H2,1H3. The molecule has 0 unspecified atom stereocenters. The predicted molar refractivity (Wildman–Crippen MR) is 58.6 cm³/mol. The highest BCUT2D eigenvalue weighted by Crippen LogP contribution is 2.18. The Kier molecular flexibility index (Phi) is 4.98. The number of aliphatic hydroxyl groups excluding tert-OH is 1. The summed E-state index contributed by atoms with van der Waals surface area (Å²) in [5, 5.41) is 8.62. The van der Waals surface area contributed by atoms with E-state index in [1.54, 1.807) is 0 Å². The van der Waals surface area contributed by atoms with Crippen LogP contribution in [0.25, 0.3) is 0 Å². The van der Waals surface area contributed by atoms with Crippen molar-refractivity contribution in [3.8, 4) is 0 Å². The molecule has 0 aromatic rings. The second kappa shape index (κ2) is 5.79. The number of nitrogens with one attached hydrogen (secondary N) is 1. The molecule has 0 aliphatic heterocycles. The Bertz CT molecular complexity index is 273. The molecular formula is C9H20N2O3S. The molecule has 1 aliphatic rings. The molecule has 1 aliphatic carbocycles. The fourth-order valence-corrected chi connectivity index (χ4v) is 2.96. The smallest absolute Gasteiger partial charge is 0.279 e. The Balaban J connectivity index is 2.42. The van der Waals surface area contributed by atoms with Gasteiger partial charge in [-0.1, -0.05) is 12.8 Å². The van der Waals surface area contributed by atoms with E-state index in [-0.39, 0.29) is 12.6 Å². The van der Waals surface area contributed by atoms with Crippen LogP contribution in [0.5, 0.6) is 0 Å². The molecule has 15 heavy (non-hydrogen) atoms. The van der Waals surface area contributed by atoms with Gasteiger partial charge >= 0.3 is 0 Å². The van der Waals surface area contributed by atoms with Gasteiger partial charge in [0.2, 0.25) is 0 Å². The zero-order valence-corrected chi connectivity index (χ0v) is 9.96. The van der Waals surface area contributed by atoms with E-state index in [4.69, 9.17) is 5.11 Å². The minimum atomic E-state index is -3.34. The van der Waals surface area contributed by atoms with Crippen molar-refractivity contribution >= 4 is 10.2 Å². The molecule has 0 atom stereocenters. The highest BCUT2D eigenvalue weighted by Gasteiger charge is 2.24. The lowest BCUT2D eigenvalue weighted by atomic mass is 10.3. The minimum Gasteiger partial charge on any atom is -0.396 e. The van der Waals surface area contributed by atoms with Gasteiger partial charge in [0.15, 0.2) is 0 Å². The summed E-state index contributed by atoms with van der Waals surface area (Å²) in [6.07, 6.45) is 4.56. The fraction of sp³-hybridized carbons (Fsp3) is 1.00. The van der Waals surface area contributed by atoms with Crippen LogP contribution in [0.4, 0.5) is 0 Å². The van der Waals surface area contributed by atoms with Crippen LogP contribution >= 0.6 is 0 Å². The van der Waals surface area contributed by atoms with Crippen LogP contribution < -0.4 is 4.72 Å².